The van der Waals surface area contributed by atoms with Gasteiger partial charge in [-0.2, -0.15) is 0 Å². The van der Waals surface area contributed by atoms with Crippen molar-refractivity contribution in [2.75, 3.05) is 52.9 Å². The highest BCUT2D eigenvalue weighted by Gasteiger charge is 2.25. The molecule has 0 atom stereocenters. The Bertz CT molecular complexity index is 380. The second kappa shape index (κ2) is 8.46. The molecule has 0 radical (unpaired) electrons. The highest BCUT2D eigenvalue weighted by molar-refractivity contribution is 5.83. The summed E-state index contributed by atoms with van der Waals surface area (Å²) in [6.45, 7) is 5.33. The standard InChI is InChI=1S/C13H24N4O4/c1-3-16(10-11(18)14-2)13(21)17-8-6-15(7-9-17)5-4-12(19)20/h3-10H2,1-2H3,(H,14,18)(H,19,20). The van der Waals surface area contributed by atoms with E-state index in [0.717, 1.165) is 0 Å². The van der Waals surface area contributed by atoms with E-state index < -0.39 is 5.97 Å². The van der Waals surface area contributed by atoms with Crippen molar-refractivity contribution >= 4 is 17.9 Å². The fraction of sp³-hybridized carbons (Fsp3) is 0.769. The number of nitrogens with one attached hydrogen (secondary N) is 1. The van der Waals surface area contributed by atoms with Crippen LogP contribution in [0.5, 0.6) is 0 Å². The van der Waals surface area contributed by atoms with E-state index in [-0.39, 0.29) is 24.9 Å². The van der Waals surface area contributed by atoms with Gasteiger partial charge in [-0.05, 0) is 6.92 Å². The molecule has 0 bridgehead atoms. The average Bonchev–Trinajstić information content (AvgIpc) is 2.50. The summed E-state index contributed by atoms with van der Waals surface area (Å²) in [5, 5.41) is 11.2. The van der Waals surface area contributed by atoms with Crippen molar-refractivity contribution in [2.45, 2.75) is 13.3 Å². The van der Waals surface area contributed by atoms with E-state index in [2.05, 4.69) is 5.32 Å². The van der Waals surface area contributed by atoms with E-state index in [0.29, 0.717) is 39.3 Å². The van der Waals surface area contributed by atoms with Gasteiger partial charge in [0.15, 0.2) is 0 Å². The summed E-state index contributed by atoms with van der Waals surface area (Å²) >= 11 is 0. The maximum absolute atomic E-state index is 12.3. The molecule has 0 unspecified atom stereocenters. The number of piperazine rings is 1. The summed E-state index contributed by atoms with van der Waals surface area (Å²) in [6.07, 6.45) is 0.117. The summed E-state index contributed by atoms with van der Waals surface area (Å²) < 4.78 is 0. The lowest BCUT2D eigenvalue weighted by molar-refractivity contribution is -0.137. The van der Waals surface area contributed by atoms with Crippen molar-refractivity contribution < 1.29 is 19.5 Å². The molecule has 2 N–H and O–H groups in total. The van der Waals surface area contributed by atoms with Gasteiger partial charge in [-0.15, -0.1) is 0 Å². The van der Waals surface area contributed by atoms with Crippen LogP contribution in [0.1, 0.15) is 13.3 Å². The summed E-state index contributed by atoms with van der Waals surface area (Å²) in [5.41, 5.74) is 0. The molecule has 0 aromatic carbocycles. The molecule has 8 nitrogen and oxygen atoms in total. The molecule has 21 heavy (non-hydrogen) atoms. The molecule has 8 heteroatoms. The Morgan fingerprint density at radius 3 is 2.29 bits per heavy atom. The summed E-state index contributed by atoms with van der Waals surface area (Å²) in [7, 11) is 1.54. The van der Waals surface area contributed by atoms with Gasteiger partial charge in [0, 0.05) is 46.3 Å². The SMILES string of the molecule is CCN(CC(=O)NC)C(=O)N1CCN(CCC(=O)O)CC1. The third-order valence-electron chi connectivity index (χ3n) is 3.55. The number of carbonyl (C=O) groups is 3. The number of hydrogen-bond donors (Lipinski definition) is 2. The summed E-state index contributed by atoms with van der Waals surface area (Å²) in [4.78, 5) is 39.5. The molecule has 1 saturated heterocycles. The molecule has 0 aliphatic carbocycles. The van der Waals surface area contributed by atoms with Crippen LogP contribution in [0, 0.1) is 0 Å². The number of hydrogen-bond acceptors (Lipinski definition) is 4. The van der Waals surface area contributed by atoms with E-state index in [4.69, 9.17) is 5.11 Å². The number of carboxylic acids is 1. The topological polar surface area (TPSA) is 93.2 Å². The number of urea groups is 1. The van der Waals surface area contributed by atoms with E-state index in [9.17, 15) is 14.4 Å². The Labute approximate surface area is 124 Å². The van der Waals surface area contributed by atoms with Crippen LogP contribution in [0.2, 0.25) is 0 Å². The minimum absolute atomic E-state index is 0.0606. The minimum Gasteiger partial charge on any atom is -0.481 e. The normalized spacial score (nSPS) is 15.6. The van der Waals surface area contributed by atoms with Gasteiger partial charge in [0.05, 0.1) is 6.42 Å². The largest absolute Gasteiger partial charge is 0.481 e. The summed E-state index contributed by atoms with van der Waals surface area (Å²) in [6, 6.07) is -0.140. The van der Waals surface area contributed by atoms with Crippen LogP contribution in [0.25, 0.3) is 0 Å². The molecular weight excluding hydrogens is 276 g/mol. The second-order valence-corrected chi connectivity index (χ2v) is 4.94. The van der Waals surface area contributed by atoms with Crippen molar-refractivity contribution in [1.82, 2.24) is 20.0 Å². The van der Waals surface area contributed by atoms with E-state index in [1.807, 2.05) is 11.8 Å². The van der Waals surface area contributed by atoms with Gasteiger partial charge in [-0.1, -0.05) is 0 Å². The third-order valence-corrected chi connectivity index (χ3v) is 3.55. The molecule has 0 saturated carbocycles. The second-order valence-electron chi connectivity index (χ2n) is 4.94. The lowest BCUT2D eigenvalue weighted by atomic mass is 10.3. The van der Waals surface area contributed by atoms with Gasteiger partial charge in [0.2, 0.25) is 5.91 Å². The van der Waals surface area contributed by atoms with Gasteiger partial charge in [-0.25, -0.2) is 4.79 Å². The first-order chi connectivity index (χ1) is 9.97. The number of amides is 3. The van der Waals surface area contributed by atoms with Gasteiger partial charge >= 0.3 is 12.0 Å². The Morgan fingerprint density at radius 2 is 1.81 bits per heavy atom. The van der Waals surface area contributed by atoms with Crippen LogP contribution in [0.4, 0.5) is 4.79 Å². The number of aliphatic carboxylic acids is 1. The van der Waals surface area contributed by atoms with Crippen LogP contribution in [-0.4, -0.2) is 90.6 Å². The van der Waals surface area contributed by atoms with Crippen molar-refractivity contribution in [2.24, 2.45) is 0 Å². The van der Waals surface area contributed by atoms with Gasteiger partial charge < -0.3 is 20.2 Å². The number of nitrogens with zero attached hydrogens (tertiary/aromatic N) is 3. The van der Waals surface area contributed by atoms with Crippen LogP contribution in [-0.2, 0) is 9.59 Å². The fourth-order valence-corrected chi connectivity index (χ4v) is 2.18. The highest BCUT2D eigenvalue weighted by atomic mass is 16.4. The number of rotatable bonds is 6. The zero-order valence-corrected chi connectivity index (χ0v) is 12.7. The Balaban J connectivity index is 2.42. The molecule has 1 aliphatic rings. The first-order valence-corrected chi connectivity index (χ1v) is 7.16. The average molecular weight is 300 g/mol. The van der Waals surface area contributed by atoms with Crippen molar-refractivity contribution in [3.63, 3.8) is 0 Å². The molecule has 0 spiro atoms. The lowest BCUT2D eigenvalue weighted by Gasteiger charge is -2.37. The third kappa shape index (κ3) is 5.58. The predicted octanol–water partition coefficient (Wildman–Crippen LogP) is -0.733. The number of carboxylic acid groups (broad SMARTS) is 1. The van der Waals surface area contributed by atoms with E-state index in [1.54, 1.807) is 11.9 Å². The smallest absolute Gasteiger partial charge is 0.320 e. The molecule has 1 rings (SSSR count). The number of likely N-dealkylation sites (N-methyl/N-ethyl adjacent to an activating group) is 2. The van der Waals surface area contributed by atoms with Crippen LogP contribution < -0.4 is 5.32 Å². The van der Waals surface area contributed by atoms with Crippen LogP contribution in [0.3, 0.4) is 0 Å². The molecule has 1 aliphatic heterocycles. The quantitative estimate of drug-likeness (QED) is 0.674. The van der Waals surface area contributed by atoms with Gasteiger partial charge in [-0.3, -0.25) is 14.5 Å². The molecule has 0 aromatic rings. The van der Waals surface area contributed by atoms with Crippen molar-refractivity contribution in [3.8, 4) is 0 Å². The van der Waals surface area contributed by atoms with Crippen LogP contribution >= 0.6 is 0 Å². The molecule has 0 aromatic heterocycles. The zero-order valence-electron chi connectivity index (χ0n) is 12.7. The Hall–Kier alpha value is -1.83. The van der Waals surface area contributed by atoms with Crippen LogP contribution in [0.15, 0.2) is 0 Å². The highest BCUT2D eigenvalue weighted by Crippen LogP contribution is 2.06. The van der Waals surface area contributed by atoms with Gasteiger partial charge in [0.25, 0.3) is 0 Å². The number of carbonyl (C=O) groups excluding carboxylic acids is 2. The van der Waals surface area contributed by atoms with E-state index in [1.165, 1.54) is 4.90 Å². The van der Waals surface area contributed by atoms with Crippen molar-refractivity contribution in [3.05, 3.63) is 0 Å². The Kier molecular flexibility index (Phi) is 6.93. The molecular formula is C13H24N4O4. The molecule has 1 fully saturated rings. The zero-order chi connectivity index (χ0) is 15.8. The maximum atomic E-state index is 12.3. The molecule has 120 valence electrons. The molecule has 3 amide bonds. The predicted molar refractivity (Wildman–Crippen MR) is 77.0 cm³/mol. The Morgan fingerprint density at radius 1 is 1.19 bits per heavy atom. The summed E-state index contributed by atoms with van der Waals surface area (Å²) in [5.74, 6) is -0.999. The minimum atomic E-state index is -0.809. The maximum Gasteiger partial charge on any atom is 0.320 e. The fourth-order valence-electron chi connectivity index (χ4n) is 2.18. The lowest BCUT2D eigenvalue weighted by Crippen LogP contribution is -2.54. The first kappa shape index (κ1) is 17.2. The van der Waals surface area contributed by atoms with Crippen molar-refractivity contribution in [1.29, 1.82) is 0 Å². The molecule has 1 heterocycles. The van der Waals surface area contributed by atoms with E-state index >= 15 is 0 Å². The monoisotopic (exact) mass is 300 g/mol. The van der Waals surface area contributed by atoms with Gasteiger partial charge in [0.1, 0.15) is 6.54 Å². The first-order valence-electron chi connectivity index (χ1n) is 7.16.